The van der Waals surface area contributed by atoms with Gasteiger partial charge >= 0.3 is 5.69 Å². The van der Waals surface area contributed by atoms with Crippen LogP contribution in [0.2, 0.25) is 5.15 Å². The average molecular weight is 652 g/mol. The number of aromatic nitrogens is 4. The lowest BCUT2D eigenvalue weighted by Crippen LogP contribution is -2.37. The second-order valence-electron chi connectivity index (χ2n) is 9.86. The first-order valence-corrected chi connectivity index (χ1v) is 17.2. The van der Waals surface area contributed by atoms with Crippen LogP contribution < -0.4 is 11.2 Å². The van der Waals surface area contributed by atoms with Gasteiger partial charge in [0.05, 0.1) is 40.2 Å². The van der Waals surface area contributed by atoms with E-state index >= 15 is 0 Å². The summed E-state index contributed by atoms with van der Waals surface area (Å²) < 4.78 is 53.9. The van der Waals surface area contributed by atoms with Crippen molar-refractivity contribution in [3.8, 4) is 11.3 Å². The number of nitrogens with one attached hydrogen (secondary N) is 1. The van der Waals surface area contributed by atoms with Gasteiger partial charge in [-0.2, -0.15) is 8.42 Å². The third-order valence-electron chi connectivity index (χ3n) is 6.31. The molecular formula is C24H28Cl2N4O7S3. The Kier molecular flexibility index (Phi) is 9.43. The molecule has 0 spiro atoms. The van der Waals surface area contributed by atoms with Gasteiger partial charge in [-0.1, -0.05) is 55.8 Å². The Morgan fingerprint density at radius 2 is 1.68 bits per heavy atom. The van der Waals surface area contributed by atoms with E-state index in [4.69, 9.17) is 11.6 Å². The van der Waals surface area contributed by atoms with E-state index in [1.165, 1.54) is 23.0 Å². The first-order chi connectivity index (χ1) is 18.3. The highest BCUT2D eigenvalue weighted by Gasteiger charge is 2.39. The summed E-state index contributed by atoms with van der Waals surface area (Å²) in [6.07, 6.45) is 1.02. The molecule has 3 heterocycles. The summed E-state index contributed by atoms with van der Waals surface area (Å²) in [6.45, 7) is 3.71. The number of nitrogens with zero attached hydrogens (tertiary/aromatic N) is 3. The molecule has 2 N–H and O–H groups in total. The maximum absolute atomic E-state index is 13.4. The second-order valence-corrected chi connectivity index (χ2v) is 15.8. The number of hydrogen-bond acceptors (Lipinski definition) is 8. The van der Waals surface area contributed by atoms with Crippen LogP contribution in [0.15, 0.2) is 45.3 Å². The van der Waals surface area contributed by atoms with Crippen LogP contribution in [0.4, 0.5) is 0 Å². The molecule has 3 aromatic heterocycles. The number of fused-ring (bicyclic) bond motifs is 1. The van der Waals surface area contributed by atoms with Crippen LogP contribution in [0.3, 0.4) is 0 Å². The van der Waals surface area contributed by atoms with Crippen molar-refractivity contribution >= 4 is 63.7 Å². The minimum absolute atomic E-state index is 0.0909. The highest BCUT2D eigenvalue weighted by molar-refractivity contribution is 8.13. The monoisotopic (exact) mass is 650 g/mol. The van der Waals surface area contributed by atoms with E-state index in [0.717, 1.165) is 16.4 Å². The summed E-state index contributed by atoms with van der Waals surface area (Å²) >= 11 is 7.46. The topological polar surface area (TPSA) is 161 Å². The Hall–Kier alpha value is -2.49. The number of hydrogen-bond donors (Lipinski definition) is 2. The number of aryl methyl sites for hydroxylation is 1. The molecule has 0 saturated carbocycles. The first kappa shape index (κ1) is 32.0. The molecule has 1 atom stereocenters. The first-order valence-electron chi connectivity index (χ1n) is 11.6. The van der Waals surface area contributed by atoms with E-state index in [0.29, 0.717) is 27.3 Å². The van der Waals surface area contributed by atoms with Crippen molar-refractivity contribution in [1.82, 2.24) is 19.1 Å². The van der Waals surface area contributed by atoms with Crippen LogP contribution >= 0.6 is 33.6 Å². The zero-order chi connectivity index (χ0) is 30.2. The summed E-state index contributed by atoms with van der Waals surface area (Å²) in [5, 5.41) is 2.88. The zero-order valence-electron chi connectivity index (χ0n) is 22.2. The number of aromatic amines is 1. The maximum Gasteiger partial charge on any atom is 0.331 e. The molecular weight excluding hydrogens is 623 g/mol. The minimum Gasteiger partial charge on any atom is -0.355 e. The highest BCUT2D eigenvalue weighted by atomic mass is 35.7. The normalized spacial score (nSPS) is 13.2. The van der Waals surface area contributed by atoms with Crippen molar-refractivity contribution in [2.24, 2.45) is 19.5 Å². The van der Waals surface area contributed by atoms with Crippen LogP contribution in [0, 0.1) is 5.41 Å². The highest BCUT2D eigenvalue weighted by Crippen LogP contribution is 2.47. The van der Waals surface area contributed by atoms with Crippen molar-refractivity contribution in [3.05, 3.63) is 72.4 Å². The van der Waals surface area contributed by atoms with Crippen LogP contribution in [-0.2, 0) is 33.3 Å². The number of rotatable bonds is 7. The lowest BCUT2D eigenvalue weighted by atomic mass is 9.75. The SMILES string of the molecule is CS(=O)(=O)Cl.Cn1c(=O)c2c(-c3ccccc3)[nH]c(C(c3nc(Cl)cs3)C(C)(C)CCS(=O)(=O)O)c2n(C)c1=O. The van der Waals surface area contributed by atoms with Gasteiger partial charge in [-0.3, -0.25) is 18.5 Å². The molecule has 0 radical (unpaired) electrons. The van der Waals surface area contributed by atoms with E-state index in [1.54, 1.807) is 12.4 Å². The minimum atomic E-state index is -4.22. The standard InChI is InChI=1S/C23H25ClN4O5S2.CH3ClO2S/c1-23(2,10-11-35(31,32)33)16(20-25-14(24)12-34-20)18-19-15(21(29)28(4)22(30)27(19)3)17(26-18)13-8-6-5-7-9-13;1-5(2,3)4/h5-9,12,16,26H,10-11H2,1-4H3,(H,31,32,33);1H3. The molecule has 11 nitrogen and oxygen atoms in total. The van der Waals surface area contributed by atoms with Gasteiger partial charge in [-0.05, 0) is 17.4 Å². The third-order valence-corrected chi connectivity index (χ3v) is 8.26. The Balaban J connectivity index is 0.000000810. The van der Waals surface area contributed by atoms with Crippen molar-refractivity contribution in [2.75, 3.05) is 12.0 Å². The van der Waals surface area contributed by atoms with Crippen LogP contribution in [0.25, 0.3) is 22.2 Å². The Labute approximate surface area is 244 Å². The van der Waals surface area contributed by atoms with Gasteiger partial charge in [0.1, 0.15) is 10.2 Å². The van der Waals surface area contributed by atoms with E-state index < -0.39 is 47.5 Å². The fraction of sp³-hybridized carbons (Fsp3) is 0.375. The van der Waals surface area contributed by atoms with E-state index in [2.05, 4.69) is 20.7 Å². The van der Waals surface area contributed by atoms with Crippen molar-refractivity contribution in [1.29, 1.82) is 0 Å². The summed E-state index contributed by atoms with van der Waals surface area (Å²) in [5.41, 5.74) is 0.539. The summed E-state index contributed by atoms with van der Waals surface area (Å²) in [7, 11) is 0.109. The quantitative estimate of drug-likeness (QED) is 0.224. The van der Waals surface area contributed by atoms with Crippen LogP contribution in [0.5, 0.6) is 0 Å². The summed E-state index contributed by atoms with van der Waals surface area (Å²) in [4.78, 5) is 34.2. The molecule has 0 aliphatic rings. The average Bonchev–Trinajstić information content (AvgIpc) is 3.43. The molecule has 4 aromatic rings. The molecule has 40 heavy (non-hydrogen) atoms. The van der Waals surface area contributed by atoms with Gasteiger partial charge in [0.25, 0.3) is 15.7 Å². The van der Waals surface area contributed by atoms with Crippen molar-refractivity contribution in [2.45, 2.75) is 26.2 Å². The van der Waals surface area contributed by atoms with E-state index in [9.17, 15) is 31.0 Å². The van der Waals surface area contributed by atoms with Gasteiger partial charge < -0.3 is 4.98 Å². The largest absolute Gasteiger partial charge is 0.355 e. The molecule has 0 amide bonds. The Morgan fingerprint density at radius 3 is 2.17 bits per heavy atom. The fourth-order valence-electron chi connectivity index (χ4n) is 4.46. The van der Waals surface area contributed by atoms with Gasteiger partial charge in [-0.25, -0.2) is 18.2 Å². The maximum atomic E-state index is 13.4. The molecule has 0 saturated heterocycles. The fourth-order valence-corrected chi connectivity index (χ4v) is 6.51. The lowest BCUT2D eigenvalue weighted by molar-refractivity contribution is 0.299. The molecule has 4 rings (SSSR count). The molecule has 16 heteroatoms. The molecule has 0 aliphatic carbocycles. The summed E-state index contributed by atoms with van der Waals surface area (Å²) in [5.74, 6) is -1.03. The number of halogens is 2. The van der Waals surface area contributed by atoms with Gasteiger partial charge in [0, 0.05) is 30.2 Å². The predicted octanol–water partition coefficient (Wildman–Crippen LogP) is 3.96. The molecule has 0 fully saturated rings. The molecule has 1 aromatic carbocycles. The zero-order valence-corrected chi connectivity index (χ0v) is 26.1. The summed E-state index contributed by atoms with van der Waals surface area (Å²) in [6, 6.07) is 9.28. The van der Waals surface area contributed by atoms with Gasteiger partial charge in [0.15, 0.2) is 0 Å². The van der Waals surface area contributed by atoms with Crippen molar-refractivity contribution < 1.29 is 21.4 Å². The molecule has 0 bridgehead atoms. The molecule has 0 aliphatic heterocycles. The smallest absolute Gasteiger partial charge is 0.331 e. The molecule has 218 valence electrons. The Morgan fingerprint density at radius 1 is 1.10 bits per heavy atom. The van der Waals surface area contributed by atoms with Crippen molar-refractivity contribution in [3.63, 3.8) is 0 Å². The number of H-pyrrole nitrogens is 1. The Bertz CT molecular complexity index is 1870. The predicted molar refractivity (Wildman–Crippen MR) is 159 cm³/mol. The number of thiazole rings is 1. The van der Waals surface area contributed by atoms with Crippen LogP contribution in [-0.4, -0.2) is 52.5 Å². The van der Waals surface area contributed by atoms with Gasteiger partial charge in [-0.15, -0.1) is 11.3 Å². The molecule has 1 unspecified atom stereocenters. The van der Waals surface area contributed by atoms with E-state index in [-0.39, 0.29) is 11.6 Å². The van der Waals surface area contributed by atoms with E-state index in [1.807, 2.05) is 44.2 Å². The van der Waals surface area contributed by atoms with Gasteiger partial charge in [0.2, 0.25) is 9.05 Å². The third kappa shape index (κ3) is 7.42. The second kappa shape index (κ2) is 11.8. The van der Waals surface area contributed by atoms with Crippen LogP contribution in [0.1, 0.15) is 36.9 Å². The lowest BCUT2D eigenvalue weighted by Gasteiger charge is -2.33. The number of benzene rings is 1.